The summed E-state index contributed by atoms with van der Waals surface area (Å²) in [5, 5.41) is 34.5. The molecule has 0 aromatic heterocycles. The van der Waals surface area contributed by atoms with Gasteiger partial charge in [-0.15, -0.1) is 0 Å². The Bertz CT molecular complexity index is 870. The standard InChI is InChI=1S/C22H32N4O8S/c1-35-10-9-15(24-19(30)14(23)11-13-5-3-2-4-6-13)20(31)26-17(12-27)21(32)25-16(22(33)34)7-8-18(28)29/h2-6,14-17,27H,7-12,23H2,1H3,(H,24,30)(H,25,32)(H,26,31)(H,28,29)(H,33,34). The Morgan fingerprint density at radius 1 is 0.886 bits per heavy atom. The second kappa shape index (κ2) is 15.7. The van der Waals surface area contributed by atoms with Crippen molar-refractivity contribution in [2.24, 2.45) is 5.73 Å². The van der Waals surface area contributed by atoms with Crippen LogP contribution in [0.4, 0.5) is 0 Å². The average Bonchev–Trinajstić information content (AvgIpc) is 2.82. The predicted molar refractivity (Wildman–Crippen MR) is 129 cm³/mol. The monoisotopic (exact) mass is 512 g/mol. The highest BCUT2D eigenvalue weighted by atomic mass is 32.2. The first kappa shape index (κ1) is 29.9. The van der Waals surface area contributed by atoms with Crippen LogP contribution in [0, 0.1) is 0 Å². The van der Waals surface area contributed by atoms with Gasteiger partial charge in [0.2, 0.25) is 17.7 Å². The number of thioether (sulfide) groups is 1. The first-order chi connectivity index (χ1) is 16.6. The number of nitrogens with one attached hydrogen (secondary N) is 3. The lowest BCUT2D eigenvalue weighted by atomic mass is 10.1. The van der Waals surface area contributed by atoms with Gasteiger partial charge in [-0.2, -0.15) is 11.8 Å². The van der Waals surface area contributed by atoms with Crippen LogP contribution in [0.3, 0.4) is 0 Å². The molecule has 0 saturated heterocycles. The van der Waals surface area contributed by atoms with Crippen molar-refractivity contribution in [3.63, 3.8) is 0 Å². The van der Waals surface area contributed by atoms with Gasteiger partial charge in [-0.25, -0.2) is 4.79 Å². The maximum atomic E-state index is 12.8. The third kappa shape index (κ3) is 11.2. The summed E-state index contributed by atoms with van der Waals surface area (Å²) in [7, 11) is 0. The zero-order chi connectivity index (χ0) is 26.4. The maximum absolute atomic E-state index is 12.8. The lowest BCUT2D eigenvalue weighted by Crippen LogP contribution is -2.58. The van der Waals surface area contributed by atoms with E-state index in [4.69, 9.17) is 10.8 Å². The van der Waals surface area contributed by atoms with Crippen molar-refractivity contribution in [1.29, 1.82) is 0 Å². The summed E-state index contributed by atoms with van der Waals surface area (Å²) in [4.78, 5) is 59.8. The lowest BCUT2D eigenvalue weighted by molar-refractivity contribution is -0.143. The molecular weight excluding hydrogens is 480 g/mol. The van der Waals surface area contributed by atoms with E-state index in [1.54, 1.807) is 0 Å². The minimum absolute atomic E-state index is 0.215. The molecule has 13 heteroatoms. The molecule has 1 aromatic carbocycles. The zero-order valence-electron chi connectivity index (χ0n) is 19.3. The van der Waals surface area contributed by atoms with E-state index in [0.717, 1.165) is 5.56 Å². The van der Waals surface area contributed by atoms with Gasteiger partial charge >= 0.3 is 11.9 Å². The fourth-order valence-corrected chi connectivity index (χ4v) is 3.48. The Balaban J connectivity index is 2.81. The molecular formula is C22H32N4O8S. The lowest BCUT2D eigenvalue weighted by Gasteiger charge is -2.24. The quantitative estimate of drug-likeness (QED) is 0.139. The Labute approximate surface area is 207 Å². The van der Waals surface area contributed by atoms with Crippen LogP contribution in [0.15, 0.2) is 30.3 Å². The third-order valence-electron chi connectivity index (χ3n) is 4.96. The summed E-state index contributed by atoms with van der Waals surface area (Å²) in [6, 6.07) is 4.07. The highest BCUT2D eigenvalue weighted by Gasteiger charge is 2.30. The van der Waals surface area contributed by atoms with E-state index in [1.807, 2.05) is 36.6 Å². The summed E-state index contributed by atoms with van der Waals surface area (Å²) in [6.07, 6.45) is 1.39. The minimum Gasteiger partial charge on any atom is -0.481 e. The second-order valence-corrected chi connectivity index (χ2v) is 8.70. The van der Waals surface area contributed by atoms with E-state index in [0.29, 0.717) is 5.75 Å². The van der Waals surface area contributed by atoms with Gasteiger partial charge in [0.25, 0.3) is 0 Å². The molecule has 0 aliphatic rings. The molecule has 4 atom stereocenters. The van der Waals surface area contributed by atoms with Crippen LogP contribution in [0.2, 0.25) is 0 Å². The molecule has 4 unspecified atom stereocenters. The number of benzene rings is 1. The Morgan fingerprint density at radius 3 is 2.00 bits per heavy atom. The molecule has 0 spiro atoms. The first-order valence-corrected chi connectivity index (χ1v) is 12.2. The van der Waals surface area contributed by atoms with E-state index >= 15 is 0 Å². The summed E-state index contributed by atoms with van der Waals surface area (Å²) < 4.78 is 0. The number of hydrogen-bond donors (Lipinski definition) is 7. The summed E-state index contributed by atoms with van der Waals surface area (Å²) in [6.45, 7) is -0.848. The number of carboxylic acids is 2. The molecule has 194 valence electrons. The van der Waals surface area contributed by atoms with Gasteiger partial charge in [-0.3, -0.25) is 19.2 Å². The number of carbonyl (C=O) groups excluding carboxylic acids is 3. The van der Waals surface area contributed by atoms with Crippen molar-refractivity contribution in [2.45, 2.75) is 49.9 Å². The van der Waals surface area contributed by atoms with E-state index in [9.17, 15) is 34.2 Å². The van der Waals surface area contributed by atoms with Crippen molar-refractivity contribution in [1.82, 2.24) is 16.0 Å². The van der Waals surface area contributed by atoms with Crippen LogP contribution < -0.4 is 21.7 Å². The number of aliphatic hydroxyl groups excluding tert-OH is 1. The molecule has 35 heavy (non-hydrogen) atoms. The number of amides is 3. The highest BCUT2D eigenvalue weighted by Crippen LogP contribution is 2.06. The van der Waals surface area contributed by atoms with Crippen molar-refractivity contribution < 1.29 is 39.3 Å². The second-order valence-electron chi connectivity index (χ2n) is 7.71. The van der Waals surface area contributed by atoms with E-state index < -0.39 is 66.9 Å². The maximum Gasteiger partial charge on any atom is 0.326 e. The molecule has 0 aliphatic heterocycles. The number of rotatable bonds is 16. The molecule has 1 rings (SSSR count). The molecule has 0 saturated carbocycles. The predicted octanol–water partition coefficient (Wildman–Crippen LogP) is -1.29. The number of aliphatic carboxylic acids is 2. The number of carbonyl (C=O) groups is 5. The molecule has 0 bridgehead atoms. The molecule has 0 fully saturated rings. The number of hydrogen-bond acceptors (Lipinski definition) is 8. The normalized spacial score (nSPS) is 14.1. The Hall–Kier alpha value is -3.16. The van der Waals surface area contributed by atoms with Crippen molar-refractivity contribution in [3.05, 3.63) is 35.9 Å². The molecule has 12 nitrogen and oxygen atoms in total. The molecule has 3 amide bonds. The molecule has 0 heterocycles. The third-order valence-corrected chi connectivity index (χ3v) is 5.60. The van der Waals surface area contributed by atoms with Crippen LogP contribution >= 0.6 is 11.8 Å². The van der Waals surface area contributed by atoms with Gasteiger partial charge in [-0.1, -0.05) is 30.3 Å². The number of nitrogens with two attached hydrogens (primary N) is 1. The summed E-state index contributed by atoms with van der Waals surface area (Å²) in [5.41, 5.74) is 6.83. The van der Waals surface area contributed by atoms with Gasteiger partial charge in [0.15, 0.2) is 0 Å². The molecule has 0 aliphatic carbocycles. The van der Waals surface area contributed by atoms with Gasteiger partial charge in [0, 0.05) is 6.42 Å². The fourth-order valence-electron chi connectivity index (χ4n) is 3.01. The van der Waals surface area contributed by atoms with Crippen LogP contribution in [-0.4, -0.2) is 87.8 Å². The Morgan fingerprint density at radius 2 is 1.46 bits per heavy atom. The van der Waals surface area contributed by atoms with Gasteiger partial charge in [0.1, 0.15) is 18.1 Å². The van der Waals surface area contributed by atoms with Gasteiger partial charge < -0.3 is 37.0 Å². The SMILES string of the molecule is CSCCC(NC(=O)C(N)Cc1ccccc1)C(=O)NC(CO)C(=O)NC(CCC(=O)O)C(=O)O. The Kier molecular flexibility index (Phi) is 13.4. The molecule has 1 aromatic rings. The van der Waals surface area contributed by atoms with E-state index in [-0.39, 0.29) is 19.3 Å². The van der Waals surface area contributed by atoms with Crippen LogP contribution in [0.25, 0.3) is 0 Å². The summed E-state index contributed by atoms with van der Waals surface area (Å²) in [5.74, 6) is -4.53. The van der Waals surface area contributed by atoms with Crippen molar-refractivity contribution in [2.75, 3.05) is 18.6 Å². The van der Waals surface area contributed by atoms with Gasteiger partial charge in [0.05, 0.1) is 12.6 Å². The smallest absolute Gasteiger partial charge is 0.326 e. The minimum atomic E-state index is -1.52. The summed E-state index contributed by atoms with van der Waals surface area (Å²) >= 11 is 1.43. The average molecular weight is 513 g/mol. The topological polar surface area (TPSA) is 208 Å². The fraction of sp³-hybridized carbons (Fsp3) is 0.500. The first-order valence-electron chi connectivity index (χ1n) is 10.8. The van der Waals surface area contributed by atoms with Gasteiger partial charge in [-0.05, 0) is 36.8 Å². The van der Waals surface area contributed by atoms with E-state index in [2.05, 4.69) is 16.0 Å². The molecule has 0 radical (unpaired) electrons. The number of carboxylic acid groups (broad SMARTS) is 2. The highest BCUT2D eigenvalue weighted by molar-refractivity contribution is 7.98. The van der Waals surface area contributed by atoms with Crippen molar-refractivity contribution in [3.8, 4) is 0 Å². The molecule has 8 N–H and O–H groups in total. The van der Waals surface area contributed by atoms with Crippen LogP contribution in [0.1, 0.15) is 24.8 Å². The van der Waals surface area contributed by atoms with E-state index in [1.165, 1.54) is 11.8 Å². The largest absolute Gasteiger partial charge is 0.481 e. The number of aliphatic hydroxyl groups is 1. The van der Waals surface area contributed by atoms with Crippen LogP contribution in [0.5, 0.6) is 0 Å². The zero-order valence-corrected chi connectivity index (χ0v) is 20.1. The van der Waals surface area contributed by atoms with Crippen LogP contribution in [-0.2, 0) is 30.4 Å². The van der Waals surface area contributed by atoms with Crippen molar-refractivity contribution >= 4 is 41.4 Å².